The molecule has 28 heavy (non-hydrogen) atoms. The van der Waals surface area contributed by atoms with Gasteiger partial charge in [-0.2, -0.15) is 0 Å². The van der Waals surface area contributed by atoms with E-state index in [4.69, 9.17) is 15.2 Å². The van der Waals surface area contributed by atoms with Crippen molar-refractivity contribution in [3.63, 3.8) is 0 Å². The quantitative estimate of drug-likeness (QED) is 0.426. The molecule has 1 fully saturated rings. The number of rotatable bonds is 12. The Morgan fingerprint density at radius 2 is 1.57 bits per heavy atom. The van der Waals surface area contributed by atoms with Crippen molar-refractivity contribution in [3.05, 3.63) is 65.2 Å². The van der Waals surface area contributed by atoms with E-state index in [2.05, 4.69) is 30.3 Å². The summed E-state index contributed by atoms with van der Waals surface area (Å²) in [5.74, 6) is 0.554. The van der Waals surface area contributed by atoms with Gasteiger partial charge in [0.15, 0.2) is 6.10 Å². The Kier molecular flexibility index (Phi) is 7.49. The third kappa shape index (κ3) is 5.83. The molecule has 1 aliphatic heterocycles. The zero-order valence-electron chi connectivity index (χ0n) is 16.7. The van der Waals surface area contributed by atoms with Crippen molar-refractivity contribution in [1.29, 1.82) is 0 Å². The minimum Gasteiger partial charge on any atom is -0.497 e. The maximum atomic E-state index is 11.3. The molecule has 0 bridgehead atoms. The molecule has 0 aliphatic carbocycles. The Balaban J connectivity index is 1.29. The first-order chi connectivity index (χ1) is 13.7. The molecular weight excluding hydrogens is 350 g/mol. The van der Waals surface area contributed by atoms with Crippen LogP contribution in [-0.2, 0) is 22.4 Å². The van der Waals surface area contributed by atoms with Crippen LogP contribution in [0.4, 0.5) is 0 Å². The summed E-state index contributed by atoms with van der Waals surface area (Å²) in [5, 5.41) is 0. The summed E-state index contributed by atoms with van der Waals surface area (Å²) in [6, 6.07) is 16.6. The van der Waals surface area contributed by atoms with Crippen LogP contribution < -0.4 is 10.5 Å². The molecule has 0 spiro atoms. The summed E-state index contributed by atoms with van der Waals surface area (Å²) in [5.41, 5.74) is 9.14. The van der Waals surface area contributed by atoms with Gasteiger partial charge in [0.2, 0.25) is 5.91 Å². The van der Waals surface area contributed by atoms with E-state index in [1.807, 2.05) is 18.2 Å². The fourth-order valence-corrected chi connectivity index (χ4v) is 3.75. The Hall–Kier alpha value is -2.33. The fourth-order valence-electron chi connectivity index (χ4n) is 3.75. The topological polar surface area (TPSA) is 64.8 Å². The summed E-state index contributed by atoms with van der Waals surface area (Å²) in [4.78, 5) is 11.3. The normalized spacial score (nSPS) is 18.0. The smallest absolute Gasteiger partial charge is 0.249 e. The minimum atomic E-state index is -0.438. The summed E-state index contributed by atoms with van der Waals surface area (Å²) in [6.45, 7) is 0. The predicted octanol–water partition coefficient (Wildman–Crippen LogP) is 4.75. The van der Waals surface area contributed by atoms with E-state index >= 15 is 0 Å². The van der Waals surface area contributed by atoms with Crippen molar-refractivity contribution in [1.82, 2.24) is 0 Å². The SMILES string of the molecule is COc1ccc(CCCCCCCCc2ccccc2C2OC2C(N)=O)cc1. The molecule has 2 N–H and O–H groups in total. The van der Waals surface area contributed by atoms with Crippen LogP contribution in [0, 0.1) is 0 Å². The first-order valence-corrected chi connectivity index (χ1v) is 10.3. The van der Waals surface area contributed by atoms with Crippen LogP contribution in [-0.4, -0.2) is 19.1 Å². The minimum absolute atomic E-state index is 0.133. The lowest BCUT2D eigenvalue weighted by Crippen LogP contribution is -2.18. The fraction of sp³-hybridized carbons (Fsp3) is 0.458. The number of amides is 1. The second-order valence-electron chi connectivity index (χ2n) is 7.55. The molecule has 1 amide bonds. The molecule has 1 aliphatic rings. The highest BCUT2D eigenvalue weighted by atomic mass is 16.6. The molecule has 0 aromatic heterocycles. The highest BCUT2D eigenvalue weighted by Gasteiger charge is 2.45. The molecular formula is C24H31NO3. The first kappa shape index (κ1) is 20.4. The summed E-state index contributed by atoms with van der Waals surface area (Å²) in [7, 11) is 1.70. The third-order valence-corrected chi connectivity index (χ3v) is 5.45. The zero-order valence-corrected chi connectivity index (χ0v) is 16.7. The molecule has 0 saturated carbocycles. The van der Waals surface area contributed by atoms with E-state index in [1.54, 1.807) is 7.11 Å². The molecule has 2 atom stereocenters. The Bertz CT molecular complexity index is 757. The van der Waals surface area contributed by atoms with Crippen LogP contribution in [0.3, 0.4) is 0 Å². The van der Waals surface area contributed by atoms with Crippen LogP contribution in [0.2, 0.25) is 0 Å². The largest absolute Gasteiger partial charge is 0.497 e. The third-order valence-electron chi connectivity index (χ3n) is 5.45. The number of carbonyl (C=O) groups excluding carboxylic acids is 1. The number of hydrogen-bond acceptors (Lipinski definition) is 3. The van der Waals surface area contributed by atoms with Crippen LogP contribution in [0.25, 0.3) is 0 Å². The summed E-state index contributed by atoms with van der Waals surface area (Å²) >= 11 is 0. The molecule has 2 unspecified atom stereocenters. The molecule has 3 rings (SSSR count). The van der Waals surface area contributed by atoms with Crippen molar-refractivity contribution >= 4 is 5.91 Å². The number of unbranched alkanes of at least 4 members (excludes halogenated alkanes) is 5. The molecule has 4 heteroatoms. The van der Waals surface area contributed by atoms with E-state index in [-0.39, 0.29) is 12.0 Å². The summed E-state index contributed by atoms with van der Waals surface area (Å²) < 4.78 is 10.6. The molecule has 150 valence electrons. The maximum Gasteiger partial charge on any atom is 0.249 e. The Labute approximate surface area is 168 Å². The zero-order chi connectivity index (χ0) is 19.8. The van der Waals surface area contributed by atoms with Gasteiger partial charge in [0, 0.05) is 0 Å². The average Bonchev–Trinajstić information content (AvgIpc) is 3.52. The number of primary amides is 1. The Morgan fingerprint density at radius 3 is 2.21 bits per heavy atom. The monoisotopic (exact) mass is 381 g/mol. The van der Waals surface area contributed by atoms with Crippen molar-refractivity contribution in [3.8, 4) is 5.75 Å². The second-order valence-corrected chi connectivity index (χ2v) is 7.55. The van der Waals surface area contributed by atoms with Gasteiger partial charge in [-0.1, -0.05) is 62.1 Å². The lowest BCUT2D eigenvalue weighted by molar-refractivity contribution is -0.119. The van der Waals surface area contributed by atoms with E-state index in [9.17, 15) is 4.79 Å². The van der Waals surface area contributed by atoms with Crippen LogP contribution >= 0.6 is 0 Å². The Morgan fingerprint density at radius 1 is 0.929 bits per heavy atom. The van der Waals surface area contributed by atoms with Crippen LogP contribution in [0.1, 0.15) is 61.3 Å². The second kappa shape index (κ2) is 10.3. The van der Waals surface area contributed by atoms with Gasteiger partial charge in [0.25, 0.3) is 0 Å². The molecule has 4 nitrogen and oxygen atoms in total. The standard InChI is InChI=1S/C24H31NO3/c1-27-20-16-14-18(15-17-20)10-6-4-2-3-5-7-11-19-12-8-9-13-21(19)22-23(28-22)24(25)26/h8-9,12-17,22-23H,2-7,10-11H2,1H3,(H2,25,26). The number of methoxy groups -OCH3 is 1. The molecule has 0 radical (unpaired) electrons. The van der Waals surface area contributed by atoms with Gasteiger partial charge in [-0.25, -0.2) is 0 Å². The van der Waals surface area contributed by atoms with Gasteiger partial charge in [-0.05, 0) is 54.5 Å². The molecule has 2 aromatic carbocycles. The lowest BCUT2D eigenvalue weighted by atomic mass is 9.97. The van der Waals surface area contributed by atoms with Gasteiger partial charge in [0.05, 0.1) is 7.11 Å². The van der Waals surface area contributed by atoms with Gasteiger partial charge in [0.1, 0.15) is 11.9 Å². The van der Waals surface area contributed by atoms with E-state index in [1.165, 1.54) is 49.7 Å². The molecule has 2 aromatic rings. The van der Waals surface area contributed by atoms with Crippen molar-refractivity contribution in [2.45, 2.75) is 63.6 Å². The van der Waals surface area contributed by atoms with Crippen LogP contribution in [0.15, 0.2) is 48.5 Å². The number of nitrogens with two attached hydrogens (primary N) is 1. The van der Waals surface area contributed by atoms with E-state index in [0.717, 1.165) is 24.2 Å². The van der Waals surface area contributed by atoms with Crippen molar-refractivity contribution < 1.29 is 14.3 Å². The van der Waals surface area contributed by atoms with Crippen molar-refractivity contribution in [2.75, 3.05) is 7.11 Å². The number of epoxide rings is 1. The molecule has 1 heterocycles. The average molecular weight is 382 g/mol. The maximum absolute atomic E-state index is 11.3. The number of benzene rings is 2. The highest BCUT2D eigenvalue weighted by molar-refractivity contribution is 5.82. The number of hydrogen-bond donors (Lipinski definition) is 1. The number of aryl methyl sites for hydroxylation is 2. The molecule has 1 saturated heterocycles. The van der Waals surface area contributed by atoms with Gasteiger partial charge >= 0.3 is 0 Å². The number of carbonyl (C=O) groups is 1. The number of ether oxygens (including phenoxy) is 2. The van der Waals surface area contributed by atoms with E-state index < -0.39 is 6.10 Å². The van der Waals surface area contributed by atoms with Crippen molar-refractivity contribution in [2.24, 2.45) is 5.73 Å². The summed E-state index contributed by atoms with van der Waals surface area (Å²) in [6.07, 6.45) is 9.08. The van der Waals surface area contributed by atoms with E-state index in [0.29, 0.717) is 0 Å². The first-order valence-electron chi connectivity index (χ1n) is 10.3. The predicted molar refractivity (Wildman–Crippen MR) is 111 cm³/mol. The van der Waals surface area contributed by atoms with Gasteiger partial charge < -0.3 is 15.2 Å². The van der Waals surface area contributed by atoms with Crippen LogP contribution in [0.5, 0.6) is 5.75 Å². The van der Waals surface area contributed by atoms with Gasteiger partial charge in [-0.3, -0.25) is 4.79 Å². The van der Waals surface area contributed by atoms with Gasteiger partial charge in [-0.15, -0.1) is 0 Å². The highest BCUT2D eigenvalue weighted by Crippen LogP contribution is 2.40. The lowest BCUT2D eigenvalue weighted by Gasteiger charge is -2.07.